The third-order valence-corrected chi connectivity index (χ3v) is 13.7. The predicted molar refractivity (Wildman–Crippen MR) is 283 cm³/mol. The summed E-state index contributed by atoms with van der Waals surface area (Å²) < 4.78 is 69.6. The van der Waals surface area contributed by atoms with Crippen LogP contribution in [0.25, 0.3) is 0 Å². The molecular formula is C63H51F3O13. The Kier molecular flexibility index (Phi) is 16.0. The average molecular weight is 1070 g/mol. The van der Waals surface area contributed by atoms with Gasteiger partial charge in [-0.15, -0.1) is 0 Å². The van der Waals surface area contributed by atoms with Gasteiger partial charge >= 0.3 is 0 Å². The zero-order chi connectivity index (χ0) is 56.1. The molecule has 0 fully saturated rings. The van der Waals surface area contributed by atoms with Crippen molar-refractivity contribution in [3.63, 3.8) is 0 Å². The van der Waals surface area contributed by atoms with Crippen molar-refractivity contribution in [3.05, 3.63) is 231 Å². The van der Waals surface area contributed by atoms with Gasteiger partial charge in [0.1, 0.15) is 82.0 Å². The molecule has 5 unspecified atom stereocenters. The van der Waals surface area contributed by atoms with Crippen LogP contribution in [-0.2, 0) is 0 Å². The van der Waals surface area contributed by atoms with Crippen LogP contribution in [0.15, 0.2) is 164 Å². The van der Waals surface area contributed by atoms with E-state index in [1.165, 1.54) is 86.0 Å². The molecule has 0 saturated carbocycles. The van der Waals surface area contributed by atoms with E-state index in [1.54, 1.807) is 61.5 Å². The topological polar surface area (TPSA) is 195 Å². The molecule has 4 heterocycles. The molecule has 0 saturated heterocycles. The average Bonchev–Trinajstić information content (AvgIpc) is 3.50. The lowest BCUT2D eigenvalue weighted by molar-refractivity contribution is 0.0688. The van der Waals surface area contributed by atoms with Crippen molar-refractivity contribution in [2.75, 3.05) is 7.11 Å². The van der Waals surface area contributed by atoms with Crippen LogP contribution < -0.4 is 23.7 Å². The predicted octanol–water partition coefficient (Wildman–Crippen LogP) is 13.4. The SMILES string of the molecule is CC1C(=O)c2cc(O)ccc2OC1c1ccccc1.COc1cccc(C2CC(=O)c3cc(O)ccc3O2)c1F.Cc1c(F)cccc1C1CC(=O)c2cc(O)ccc2O1.O=C1CC(c2ccccc2F)Oc2ccc(O)cc21. The van der Waals surface area contributed by atoms with Gasteiger partial charge in [-0.25, -0.2) is 13.2 Å². The van der Waals surface area contributed by atoms with E-state index in [2.05, 4.69) is 0 Å². The Morgan fingerprint density at radius 3 is 1.37 bits per heavy atom. The van der Waals surface area contributed by atoms with Gasteiger partial charge in [-0.1, -0.05) is 79.7 Å². The van der Waals surface area contributed by atoms with Crippen LogP contribution in [0, 0.1) is 30.3 Å². The van der Waals surface area contributed by atoms with Crippen molar-refractivity contribution in [2.24, 2.45) is 5.92 Å². The number of benzene rings is 8. The number of ketones is 4. The number of carbonyl (C=O) groups is 4. The zero-order valence-electron chi connectivity index (χ0n) is 42.7. The first-order valence-corrected chi connectivity index (χ1v) is 25.0. The molecule has 4 aliphatic rings. The van der Waals surface area contributed by atoms with E-state index < -0.39 is 24.1 Å². The number of phenolic OH excluding ortho intramolecular Hbond substituents is 4. The summed E-state index contributed by atoms with van der Waals surface area (Å²) in [5, 5.41) is 37.7. The first-order valence-electron chi connectivity index (χ1n) is 25.0. The molecule has 402 valence electrons. The summed E-state index contributed by atoms with van der Waals surface area (Å²) in [4.78, 5) is 48.7. The quantitative estimate of drug-likeness (QED) is 0.127. The summed E-state index contributed by atoms with van der Waals surface area (Å²) in [6.45, 7) is 3.53. The number of hydrogen-bond acceptors (Lipinski definition) is 13. The lowest BCUT2D eigenvalue weighted by Gasteiger charge is -2.30. The van der Waals surface area contributed by atoms with E-state index in [9.17, 15) is 52.8 Å². The molecule has 4 aliphatic heterocycles. The molecule has 8 aromatic rings. The van der Waals surface area contributed by atoms with Crippen molar-refractivity contribution < 1.29 is 76.5 Å². The monoisotopic (exact) mass is 1070 g/mol. The maximum atomic E-state index is 14.3. The number of halogens is 3. The van der Waals surface area contributed by atoms with Crippen molar-refractivity contribution >= 4 is 23.1 Å². The fourth-order valence-corrected chi connectivity index (χ4v) is 9.53. The van der Waals surface area contributed by atoms with Gasteiger partial charge in [-0.3, -0.25) is 19.2 Å². The van der Waals surface area contributed by atoms with E-state index in [4.69, 9.17) is 23.7 Å². The Balaban J connectivity index is 0.000000128. The van der Waals surface area contributed by atoms with Gasteiger partial charge < -0.3 is 44.1 Å². The Hall–Kier alpha value is -9.57. The third-order valence-electron chi connectivity index (χ3n) is 13.7. The fraction of sp³-hybridized carbons (Fsp3) is 0.175. The third kappa shape index (κ3) is 11.9. The number of rotatable bonds is 5. The van der Waals surface area contributed by atoms with E-state index in [-0.39, 0.29) is 100 Å². The summed E-state index contributed by atoms with van der Waals surface area (Å²) in [5.74, 6) is -0.0408. The standard InChI is InChI=1S/C16H13FO4.C16H13FO3.C16H14O3.C15H11FO3/c1-20-14-4-2-3-10(16(14)17)15-8-12(19)11-7-9(18)5-6-13(11)21-15;1-9-11(3-2-4-13(9)17)16-8-14(19)12-7-10(18)5-6-15(12)20-16;1-10-15(18)13-9-12(17)7-8-14(13)19-16(10)11-5-3-2-4-6-11;16-12-4-2-1-3-10(12)15-8-13(18)11-7-9(17)5-6-14(11)19-15/h2-7,15,18H,8H2,1H3;2-7,16,18H,8H2,1H3;2-10,16-17H,1H3;1-7,15,17H,8H2. The van der Waals surface area contributed by atoms with Crippen molar-refractivity contribution in [2.45, 2.75) is 57.5 Å². The Bertz CT molecular complexity index is 3620. The lowest BCUT2D eigenvalue weighted by atomic mass is 9.87. The number of aromatic hydroxyl groups is 4. The minimum Gasteiger partial charge on any atom is -0.508 e. The van der Waals surface area contributed by atoms with Crippen molar-refractivity contribution in [3.8, 4) is 51.7 Å². The van der Waals surface area contributed by atoms with Crippen LogP contribution in [0.4, 0.5) is 13.2 Å². The number of carbonyl (C=O) groups excluding carboxylic acids is 4. The maximum absolute atomic E-state index is 14.3. The van der Waals surface area contributed by atoms with Crippen LogP contribution in [0.3, 0.4) is 0 Å². The number of methoxy groups -OCH3 is 1. The minimum absolute atomic E-state index is 0.00305. The second-order valence-corrected chi connectivity index (χ2v) is 18.9. The van der Waals surface area contributed by atoms with Gasteiger partial charge in [0, 0.05) is 11.1 Å². The maximum Gasteiger partial charge on any atom is 0.173 e. The highest BCUT2D eigenvalue weighted by Gasteiger charge is 2.36. The van der Waals surface area contributed by atoms with Crippen molar-refractivity contribution in [1.82, 2.24) is 0 Å². The lowest BCUT2D eigenvalue weighted by Crippen LogP contribution is -2.29. The molecule has 12 rings (SSSR count). The van der Waals surface area contributed by atoms with Crippen LogP contribution in [0.5, 0.6) is 51.7 Å². The first kappa shape index (κ1) is 54.2. The molecular weight excluding hydrogens is 1020 g/mol. The molecule has 0 aromatic heterocycles. The molecule has 0 spiro atoms. The van der Waals surface area contributed by atoms with Gasteiger partial charge in [0.15, 0.2) is 34.7 Å². The van der Waals surface area contributed by atoms with Gasteiger partial charge in [0.05, 0.1) is 54.5 Å². The van der Waals surface area contributed by atoms with E-state index >= 15 is 0 Å². The second kappa shape index (κ2) is 23.4. The molecule has 0 bridgehead atoms. The van der Waals surface area contributed by atoms with Gasteiger partial charge in [-0.05, 0) is 115 Å². The molecule has 5 atom stereocenters. The molecule has 13 nitrogen and oxygen atoms in total. The number of Topliss-reactive ketones (excluding diaryl/α,β-unsaturated/α-hetero) is 4. The van der Waals surface area contributed by atoms with Gasteiger partial charge in [0.25, 0.3) is 0 Å². The largest absolute Gasteiger partial charge is 0.508 e. The summed E-state index contributed by atoms with van der Waals surface area (Å²) in [6, 6.07) is 43.1. The Morgan fingerprint density at radius 1 is 0.456 bits per heavy atom. The van der Waals surface area contributed by atoms with E-state index in [1.807, 2.05) is 37.3 Å². The molecule has 0 amide bonds. The number of hydrogen-bond donors (Lipinski definition) is 4. The molecule has 79 heavy (non-hydrogen) atoms. The van der Waals surface area contributed by atoms with Crippen LogP contribution in [0.1, 0.15) is 120 Å². The highest BCUT2D eigenvalue weighted by Crippen LogP contribution is 2.42. The molecule has 0 aliphatic carbocycles. The molecule has 4 N–H and O–H groups in total. The molecule has 0 radical (unpaired) electrons. The highest BCUT2D eigenvalue weighted by atomic mass is 19.1. The summed E-state index contributed by atoms with van der Waals surface area (Å²) in [5.41, 5.74) is 4.29. The van der Waals surface area contributed by atoms with Gasteiger partial charge in [0.2, 0.25) is 0 Å². The Labute approximate surface area is 451 Å². The van der Waals surface area contributed by atoms with Crippen LogP contribution >= 0.6 is 0 Å². The first-order chi connectivity index (χ1) is 38.0. The number of ether oxygens (including phenoxy) is 5. The molecule has 8 aromatic carbocycles. The van der Waals surface area contributed by atoms with Gasteiger partial charge in [-0.2, -0.15) is 0 Å². The summed E-state index contributed by atoms with van der Waals surface area (Å²) >= 11 is 0. The minimum atomic E-state index is -0.704. The van der Waals surface area contributed by atoms with E-state index in [0.29, 0.717) is 61.9 Å². The smallest absolute Gasteiger partial charge is 0.173 e. The summed E-state index contributed by atoms with van der Waals surface area (Å²) in [6.07, 6.45) is -1.87. The summed E-state index contributed by atoms with van der Waals surface area (Å²) in [7, 11) is 1.38. The van der Waals surface area contributed by atoms with E-state index in [0.717, 1.165) is 5.56 Å². The van der Waals surface area contributed by atoms with Crippen LogP contribution in [-0.4, -0.2) is 50.7 Å². The molecule has 16 heteroatoms. The number of phenols is 4. The zero-order valence-corrected chi connectivity index (χ0v) is 42.7. The normalized spacial score (nSPS) is 18.4. The highest BCUT2D eigenvalue weighted by molar-refractivity contribution is 6.03. The second-order valence-electron chi connectivity index (χ2n) is 18.9. The Morgan fingerprint density at radius 2 is 0.861 bits per heavy atom. The fourth-order valence-electron chi connectivity index (χ4n) is 9.53. The van der Waals surface area contributed by atoms with Crippen molar-refractivity contribution in [1.29, 1.82) is 0 Å². The van der Waals surface area contributed by atoms with Crippen LogP contribution in [0.2, 0.25) is 0 Å². The number of fused-ring (bicyclic) bond motifs is 4.